The van der Waals surface area contributed by atoms with E-state index in [2.05, 4.69) is 15.4 Å². The normalized spacial score (nSPS) is 14.9. The largest absolute Gasteiger partial charge is 0.459 e. The van der Waals surface area contributed by atoms with Crippen molar-refractivity contribution >= 4 is 28.2 Å². The molecule has 0 unspecified atom stereocenters. The van der Waals surface area contributed by atoms with Crippen LogP contribution >= 0.6 is 11.3 Å². The Morgan fingerprint density at radius 2 is 2.00 bits per heavy atom. The van der Waals surface area contributed by atoms with Crippen molar-refractivity contribution in [2.75, 3.05) is 31.5 Å². The molecule has 1 N–H and O–H groups in total. The lowest BCUT2D eigenvalue weighted by molar-refractivity contribution is 0.0621. The van der Waals surface area contributed by atoms with Crippen molar-refractivity contribution in [2.24, 2.45) is 0 Å². The number of nitrogens with zero attached hydrogens (tertiary/aromatic N) is 3. The summed E-state index contributed by atoms with van der Waals surface area (Å²) in [7, 11) is 0. The van der Waals surface area contributed by atoms with Gasteiger partial charge in [-0.2, -0.15) is 0 Å². The molecule has 152 valence electrons. The van der Waals surface area contributed by atoms with E-state index in [1.54, 1.807) is 12.1 Å². The molecule has 9 heteroatoms. The molecule has 1 fully saturated rings. The second-order valence-corrected chi connectivity index (χ2v) is 8.11. The second kappa shape index (κ2) is 8.22. The third-order valence-electron chi connectivity index (χ3n) is 4.81. The average molecular weight is 414 g/mol. The van der Waals surface area contributed by atoms with Crippen LogP contribution in [0.2, 0.25) is 0 Å². The first-order valence-corrected chi connectivity index (χ1v) is 10.2. The van der Waals surface area contributed by atoms with E-state index < -0.39 is 0 Å². The van der Waals surface area contributed by atoms with E-state index in [9.17, 15) is 9.59 Å². The number of hydrogen-bond acceptors (Lipinski definition) is 7. The Morgan fingerprint density at radius 3 is 2.66 bits per heavy atom. The molecule has 29 heavy (non-hydrogen) atoms. The molecule has 8 nitrogen and oxygen atoms in total. The van der Waals surface area contributed by atoms with Gasteiger partial charge in [-0.05, 0) is 37.6 Å². The van der Waals surface area contributed by atoms with Crippen molar-refractivity contribution in [3.05, 3.63) is 58.2 Å². The molecule has 0 radical (unpaired) electrons. The van der Waals surface area contributed by atoms with Gasteiger partial charge in [0.1, 0.15) is 0 Å². The van der Waals surface area contributed by atoms with Crippen LogP contribution in [0.15, 0.2) is 39.5 Å². The van der Waals surface area contributed by atoms with Crippen LogP contribution in [0.1, 0.15) is 37.2 Å². The minimum atomic E-state index is -0.327. The molecule has 1 saturated heterocycles. The molecule has 3 aromatic rings. The predicted octanol–water partition coefficient (Wildman–Crippen LogP) is 3.16. The molecule has 0 aliphatic carbocycles. The number of carbonyl (C=O) groups is 2. The predicted molar refractivity (Wildman–Crippen MR) is 108 cm³/mol. The molecular weight excluding hydrogens is 392 g/mol. The molecule has 4 rings (SSSR count). The molecule has 3 aromatic heterocycles. The van der Waals surface area contributed by atoms with Crippen LogP contribution in [0.5, 0.6) is 0 Å². The third-order valence-corrected chi connectivity index (χ3v) is 5.95. The van der Waals surface area contributed by atoms with E-state index >= 15 is 0 Å². The van der Waals surface area contributed by atoms with Gasteiger partial charge in [-0.1, -0.05) is 5.16 Å². The van der Waals surface area contributed by atoms with Crippen molar-refractivity contribution in [3.63, 3.8) is 0 Å². The smallest absolute Gasteiger partial charge is 0.291 e. The molecule has 0 saturated carbocycles. The number of furan rings is 1. The third kappa shape index (κ3) is 4.41. The van der Waals surface area contributed by atoms with E-state index in [1.165, 1.54) is 17.6 Å². The van der Waals surface area contributed by atoms with Gasteiger partial charge in [0, 0.05) is 32.2 Å². The lowest BCUT2D eigenvalue weighted by Crippen LogP contribution is -2.48. The summed E-state index contributed by atoms with van der Waals surface area (Å²) in [6.45, 7) is 7.33. The van der Waals surface area contributed by atoms with Crippen molar-refractivity contribution in [2.45, 2.75) is 20.4 Å². The zero-order chi connectivity index (χ0) is 20.4. The number of nitrogens with one attached hydrogen (secondary N) is 1. The van der Waals surface area contributed by atoms with Crippen LogP contribution in [-0.4, -0.2) is 52.9 Å². The van der Waals surface area contributed by atoms with Crippen molar-refractivity contribution in [1.29, 1.82) is 0 Å². The van der Waals surface area contributed by atoms with Gasteiger partial charge in [-0.3, -0.25) is 14.5 Å². The number of rotatable bonds is 5. The maximum atomic E-state index is 13.0. The first kappa shape index (κ1) is 19.4. The van der Waals surface area contributed by atoms with Gasteiger partial charge < -0.3 is 19.2 Å². The molecule has 0 bridgehead atoms. The number of anilines is 1. The van der Waals surface area contributed by atoms with E-state index in [-0.39, 0.29) is 17.6 Å². The fraction of sp³-hybridized carbons (Fsp3) is 0.350. The van der Waals surface area contributed by atoms with Gasteiger partial charge >= 0.3 is 0 Å². The second-order valence-electron chi connectivity index (χ2n) is 7.06. The van der Waals surface area contributed by atoms with Crippen LogP contribution in [0, 0.1) is 13.8 Å². The summed E-state index contributed by atoms with van der Waals surface area (Å²) >= 11 is 1.29. The number of carbonyl (C=O) groups excluding carboxylic acids is 2. The van der Waals surface area contributed by atoms with Gasteiger partial charge in [0.2, 0.25) is 0 Å². The Hall–Kier alpha value is -2.91. The zero-order valence-corrected chi connectivity index (χ0v) is 17.1. The van der Waals surface area contributed by atoms with Crippen molar-refractivity contribution in [3.8, 4) is 0 Å². The zero-order valence-electron chi connectivity index (χ0n) is 16.3. The van der Waals surface area contributed by atoms with E-state index in [4.69, 9.17) is 8.94 Å². The summed E-state index contributed by atoms with van der Waals surface area (Å²) in [5.41, 5.74) is 1.73. The van der Waals surface area contributed by atoms with Gasteiger partial charge in [0.15, 0.2) is 11.5 Å². The van der Waals surface area contributed by atoms with E-state index in [0.29, 0.717) is 29.5 Å². The molecule has 0 aromatic carbocycles. The summed E-state index contributed by atoms with van der Waals surface area (Å²) in [6, 6.07) is 7.01. The number of aromatic nitrogens is 1. The highest BCUT2D eigenvalue weighted by molar-refractivity contribution is 7.18. The van der Waals surface area contributed by atoms with Gasteiger partial charge in [-0.25, -0.2) is 0 Å². The van der Waals surface area contributed by atoms with Crippen LogP contribution in [0.25, 0.3) is 0 Å². The SMILES string of the molecule is Cc1cc(CN2CCN(C(=O)c3sc(NC(=O)c4ccco4)cc3C)CC2)on1. The van der Waals surface area contributed by atoms with Crippen LogP contribution in [-0.2, 0) is 6.54 Å². The standard InChI is InChI=1S/C20H22N4O4S/c1-13-10-17(21-19(25)16-4-3-9-27-16)29-18(13)20(26)24-7-5-23(6-8-24)12-15-11-14(2)22-28-15/h3-4,9-11H,5-8,12H2,1-2H3,(H,21,25). The van der Waals surface area contributed by atoms with Crippen LogP contribution < -0.4 is 5.32 Å². The summed E-state index contributed by atoms with van der Waals surface area (Å²) < 4.78 is 10.4. The maximum absolute atomic E-state index is 13.0. The molecule has 1 aliphatic rings. The molecular formula is C20H22N4O4S. The number of hydrogen-bond donors (Lipinski definition) is 1. The highest BCUT2D eigenvalue weighted by Gasteiger charge is 2.25. The minimum Gasteiger partial charge on any atom is -0.459 e. The van der Waals surface area contributed by atoms with Gasteiger partial charge in [-0.15, -0.1) is 11.3 Å². The summed E-state index contributed by atoms with van der Waals surface area (Å²) in [4.78, 5) is 29.9. The highest BCUT2D eigenvalue weighted by Crippen LogP contribution is 2.28. The molecule has 2 amide bonds. The fourth-order valence-electron chi connectivity index (χ4n) is 3.30. The lowest BCUT2D eigenvalue weighted by Gasteiger charge is -2.34. The van der Waals surface area contributed by atoms with E-state index in [0.717, 1.165) is 30.1 Å². The average Bonchev–Trinajstić information content (AvgIpc) is 3.44. The molecule has 4 heterocycles. The monoisotopic (exact) mass is 414 g/mol. The number of aryl methyl sites for hydroxylation is 2. The van der Waals surface area contributed by atoms with Gasteiger partial charge in [0.05, 0.1) is 28.4 Å². The van der Waals surface area contributed by atoms with Crippen molar-refractivity contribution in [1.82, 2.24) is 15.0 Å². The molecule has 1 aliphatic heterocycles. The summed E-state index contributed by atoms with van der Waals surface area (Å²) in [5, 5.41) is 7.33. The van der Waals surface area contributed by atoms with Gasteiger partial charge in [0.25, 0.3) is 11.8 Å². The summed E-state index contributed by atoms with van der Waals surface area (Å²) in [6.07, 6.45) is 1.45. The fourth-order valence-corrected chi connectivity index (χ4v) is 4.34. The quantitative estimate of drug-likeness (QED) is 0.690. The summed E-state index contributed by atoms with van der Waals surface area (Å²) in [5.74, 6) is 0.753. The Bertz CT molecular complexity index is 1000. The minimum absolute atomic E-state index is 0.00107. The lowest BCUT2D eigenvalue weighted by atomic mass is 10.2. The number of amides is 2. The van der Waals surface area contributed by atoms with Crippen LogP contribution in [0.4, 0.5) is 5.00 Å². The number of thiophene rings is 1. The maximum Gasteiger partial charge on any atom is 0.291 e. The van der Waals surface area contributed by atoms with Crippen molar-refractivity contribution < 1.29 is 18.5 Å². The Balaban J connectivity index is 1.35. The van der Waals surface area contributed by atoms with Crippen LogP contribution in [0.3, 0.4) is 0 Å². The Morgan fingerprint density at radius 1 is 1.21 bits per heavy atom. The Kier molecular flexibility index (Phi) is 5.50. The first-order chi connectivity index (χ1) is 14.0. The molecule has 0 atom stereocenters. The first-order valence-electron chi connectivity index (χ1n) is 9.38. The molecule has 0 spiro atoms. The highest BCUT2D eigenvalue weighted by atomic mass is 32.1. The topological polar surface area (TPSA) is 91.8 Å². The Labute approximate surface area is 172 Å². The number of piperazine rings is 1. The van der Waals surface area contributed by atoms with E-state index in [1.807, 2.05) is 30.9 Å².